The maximum absolute atomic E-state index is 13.3. The predicted octanol–water partition coefficient (Wildman–Crippen LogP) is 4.50. The Morgan fingerprint density at radius 3 is 2.67 bits per heavy atom. The molecule has 0 saturated heterocycles. The van der Waals surface area contributed by atoms with Crippen LogP contribution in [-0.2, 0) is 0 Å². The summed E-state index contributed by atoms with van der Waals surface area (Å²) in [5.74, 6) is 0.550. The van der Waals surface area contributed by atoms with Crippen LogP contribution in [0.15, 0.2) is 46.9 Å². The van der Waals surface area contributed by atoms with Gasteiger partial charge in [-0.3, -0.25) is 0 Å². The topological polar surface area (TPSA) is 25.2 Å². The van der Waals surface area contributed by atoms with Crippen LogP contribution in [-0.4, -0.2) is 7.05 Å². The molecule has 1 atom stereocenters. The van der Waals surface area contributed by atoms with E-state index in [0.717, 1.165) is 11.1 Å². The van der Waals surface area contributed by atoms with Crippen LogP contribution in [0.5, 0.6) is 0 Å². The number of hydrogen-bond acceptors (Lipinski definition) is 2. The summed E-state index contributed by atoms with van der Waals surface area (Å²) < 4.78 is 19.2. The second-order valence-corrected chi connectivity index (χ2v) is 5.34. The second kappa shape index (κ2) is 5.34. The van der Waals surface area contributed by atoms with Crippen molar-refractivity contribution in [3.05, 3.63) is 70.7 Å². The molecular weight excluding hydrogens is 265 g/mol. The highest BCUT2D eigenvalue weighted by Gasteiger charge is 2.19. The maximum Gasteiger partial charge on any atom is 0.134 e. The smallest absolute Gasteiger partial charge is 0.134 e. The van der Waals surface area contributed by atoms with Crippen molar-refractivity contribution in [3.8, 4) is 0 Å². The highest BCUT2D eigenvalue weighted by molar-refractivity contribution is 5.78. The Balaban J connectivity index is 2.11. The zero-order chi connectivity index (χ0) is 15.0. The van der Waals surface area contributed by atoms with Crippen LogP contribution in [0.1, 0.15) is 28.5 Å². The van der Waals surface area contributed by atoms with E-state index in [-0.39, 0.29) is 11.9 Å². The van der Waals surface area contributed by atoms with Crippen LogP contribution in [0.2, 0.25) is 0 Å². The summed E-state index contributed by atoms with van der Waals surface area (Å²) >= 11 is 0. The van der Waals surface area contributed by atoms with Crippen LogP contribution in [0, 0.1) is 19.7 Å². The van der Waals surface area contributed by atoms with Gasteiger partial charge in [-0.2, -0.15) is 0 Å². The summed E-state index contributed by atoms with van der Waals surface area (Å²) in [5, 5.41) is 4.08. The standard InChI is InChI=1S/C18H18FNO/c1-11-5-4-6-15(12(11)2)18(20-3)17-10-13-9-14(19)7-8-16(13)21-17/h4-10,18,20H,1-3H3. The molecule has 3 heteroatoms. The number of fused-ring (bicyclic) bond motifs is 1. The molecule has 21 heavy (non-hydrogen) atoms. The first-order valence-corrected chi connectivity index (χ1v) is 7.02. The minimum atomic E-state index is -0.248. The molecule has 1 aromatic heterocycles. The Bertz CT molecular complexity index is 791. The van der Waals surface area contributed by atoms with Gasteiger partial charge in [0.1, 0.15) is 17.2 Å². The third-order valence-electron chi connectivity index (χ3n) is 4.03. The predicted molar refractivity (Wildman–Crippen MR) is 83.0 cm³/mol. The van der Waals surface area contributed by atoms with Gasteiger partial charge in [0, 0.05) is 5.39 Å². The largest absolute Gasteiger partial charge is 0.459 e. The quantitative estimate of drug-likeness (QED) is 0.765. The third kappa shape index (κ3) is 2.45. The van der Waals surface area contributed by atoms with Crippen LogP contribution in [0.3, 0.4) is 0 Å². The number of halogens is 1. The lowest BCUT2D eigenvalue weighted by atomic mass is 9.96. The van der Waals surface area contributed by atoms with E-state index in [4.69, 9.17) is 4.42 Å². The van der Waals surface area contributed by atoms with E-state index in [9.17, 15) is 4.39 Å². The Hall–Kier alpha value is -2.13. The van der Waals surface area contributed by atoms with Gasteiger partial charge in [-0.25, -0.2) is 4.39 Å². The molecule has 2 nitrogen and oxygen atoms in total. The van der Waals surface area contributed by atoms with Gasteiger partial charge in [0.05, 0.1) is 6.04 Å². The molecule has 1 heterocycles. The van der Waals surface area contributed by atoms with Crippen molar-refractivity contribution in [2.45, 2.75) is 19.9 Å². The minimum Gasteiger partial charge on any atom is -0.459 e. The summed E-state index contributed by atoms with van der Waals surface area (Å²) in [7, 11) is 1.90. The summed E-state index contributed by atoms with van der Waals surface area (Å²) in [6.07, 6.45) is 0. The van der Waals surface area contributed by atoms with E-state index in [1.807, 2.05) is 19.2 Å². The molecule has 0 aliphatic heterocycles. The number of furan rings is 1. The third-order valence-corrected chi connectivity index (χ3v) is 4.03. The summed E-state index contributed by atoms with van der Waals surface area (Å²) in [6, 6.07) is 12.7. The van der Waals surface area contributed by atoms with Crippen molar-refractivity contribution in [2.75, 3.05) is 7.05 Å². The number of hydrogen-bond donors (Lipinski definition) is 1. The van der Waals surface area contributed by atoms with E-state index in [0.29, 0.717) is 5.58 Å². The first-order chi connectivity index (χ1) is 10.1. The molecule has 0 fully saturated rings. The van der Waals surface area contributed by atoms with Crippen molar-refractivity contribution in [3.63, 3.8) is 0 Å². The highest BCUT2D eigenvalue weighted by atomic mass is 19.1. The van der Waals surface area contributed by atoms with E-state index >= 15 is 0 Å². The molecule has 1 unspecified atom stereocenters. The van der Waals surface area contributed by atoms with Crippen molar-refractivity contribution < 1.29 is 8.81 Å². The average molecular weight is 283 g/mol. The van der Waals surface area contributed by atoms with E-state index < -0.39 is 0 Å². The van der Waals surface area contributed by atoms with Gasteiger partial charge >= 0.3 is 0 Å². The van der Waals surface area contributed by atoms with E-state index in [1.165, 1.54) is 28.8 Å². The molecule has 0 aliphatic carbocycles. The van der Waals surface area contributed by atoms with E-state index in [1.54, 1.807) is 6.07 Å². The monoisotopic (exact) mass is 283 g/mol. The van der Waals surface area contributed by atoms with Gasteiger partial charge in [0.2, 0.25) is 0 Å². The van der Waals surface area contributed by atoms with Crippen LogP contribution < -0.4 is 5.32 Å². The van der Waals surface area contributed by atoms with Gasteiger partial charge in [-0.1, -0.05) is 18.2 Å². The van der Waals surface area contributed by atoms with Gasteiger partial charge in [-0.05, 0) is 61.9 Å². The normalized spacial score (nSPS) is 12.8. The molecule has 0 saturated carbocycles. The number of rotatable bonds is 3. The summed E-state index contributed by atoms with van der Waals surface area (Å²) in [5.41, 5.74) is 4.37. The second-order valence-electron chi connectivity index (χ2n) is 5.34. The zero-order valence-corrected chi connectivity index (χ0v) is 12.4. The summed E-state index contributed by atoms with van der Waals surface area (Å²) in [6.45, 7) is 4.21. The fraction of sp³-hybridized carbons (Fsp3) is 0.222. The number of nitrogens with one attached hydrogen (secondary N) is 1. The molecule has 3 aromatic rings. The van der Waals surface area contributed by atoms with Crippen LogP contribution >= 0.6 is 0 Å². The molecule has 2 aromatic carbocycles. The van der Waals surface area contributed by atoms with Crippen molar-refractivity contribution in [2.24, 2.45) is 0 Å². The van der Waals surface area contributed by atoms with Gasteiger partial charge in [-0.15, -0.1) is 0 Å². The Morgan fingerprint density at radius 1 is 1.10 bits per heavy atom. The molecule has 0 bridgehead atoms. The summed E-state index contributed by atoms with van der Waals surface area (Å²) in [4.78, 5) is 0. The van der Waals surface area contributed by atoms with Crippen molar-refractivity contribution in [1.29, 1.82) is 0 Å². The van der Waals surface area contributed by atoms with Crippen LogP contribution in [0.4, 0.5) is 4.39 Å². The lowest BCUT2D eigenvalue weighted by Crippen LogP contribution is -2.18. The van der Waals surface area contributed by atoms with Gasteiger partial charge < -0.3 is 9.73 Å². The van der Waals surface area contributed by atoms with Crippen molar-refractivity contribution >= 4 is 11.0 Å². The molecule has 0 amide bonds. The maximum atomic E-state index is 13.3. The van der Waals surface area contributed by atoms with Gasteiger partial charge in [0.25, 0.3) is 0 Å². The zero-order valence-electron chi connectivity index (χ0n) is 12.4. The van der Waals surface area contributed by atoms with Gasteiger partial charge in [0.15, 0.2) is 0 Å². The lowest BCUT2D eigenvalue weighted by Gasteiger charge is -2.17. The van der Waals surface area contributed by atoms with Crippen molar-refractivity contribution in [1.82, 2.24) is 5.32 Å². The molecule has 3 rings (SSSR count). The molecular formula is C18H18FNO. The minimum absolute atomic E-state index is 0.0413. The highest BCUT2D eigenvalue weighted by Crippen LogP contribution is 2.30. The first kappa shape index (κ1) is 13.8. The molecule has 0 aliphatic rings. The Kier molecular flexibility index (Phi) is 3.52. The molecule has 0 radical (unpaired) electrons. The fourth-order valence-electron chi connectivity index (χ4n) is 2.71. The molecule has 1 N–H and O–H groups in total. The Morgan fingerprint density at radius 2 is 1.90 bits per heavy atom. The Labute approximate surface area is 123 Å². The molecule has 0 spiro atoms. The first-order valence-electron chi connectivity index (χ1n) is 7.02. The molecule has 108 valence electrons. The number of aryl methyl sites for hydroxylation is 1. The average Bonchev–Trinajstić information content (AvgIpc) is 2.87. The number of benzene rings is 2. The fourth-order valence-corrected chi connectivity index (χ4v) is 2.71. The van der Waals surface area contributed by atoms with Crippen LogP contribution in [0.25, 0.3) is 11.0 Å². The lowest BCUT2D eigenvalue weighted by molar-refractivity contribution is 0.490. The SMILES string of the molecule is CNC(c1cc2cc(F)ccc2o1)c1cccc(C)c1C. The van der Waals surface area contributed by atoms with E-state index in [2.05, 4.69) is 31.3 Å².